The first kappa shape index (κ1) is 15.4. The number of ether oxygens (including phenoxy) is 1. The number of aromatic nitrogens is 3. The van der Waals surface area contributed by atoms with Crippen LogP contribution in [0.4, 0.5) is 0 Å². The van der Waals surface area contributed by atoms with Crippen LogP contribution in [0.2, 0.25) is 0 Å². The van der Waals surface area contributed by atoms with E-state index in [-0.39, 0.29) is 11.6 Å². The molecule has 1 aromatic rings. The monoisotopic (exact) mass is 280 g/mol. The van der Waals surface area contributed by atoms with E-state index < -0.39 is 0 Å². The predicted molar refractivity (Wildman–Crippen MR) is 79.4 cm³/mol. The minimum absolute atomic E-state index is 0.127. The summed E-state index contributed by atoms with van der Waals surface area (Å²) < 4.78 is 8.17. The molecule has 0 bridgehead atoms. The molecule has 1 fully saturated rings. The summed E-state index contributed by atoms with van der Waals surface area (Å²) in [5.74, 6) is 0.706. The highest BCUT2D eigenvalue weighted by molar-refractivity contribution is 5.12. The van der Waals surface area contributed by atoms with Crippen LogP contribution in [0.15, 0.2) is 6.20 Å². The first-order chi connectivity index (χ1) is 9.63. The van der Waals surface area contributed by atoms with E-state index in [1.54, 1.807) is 0 Å². The Labute approximate surface area is 122 Å². The van der Waals surface area contributed by atoms with Crippen molar-refractivity contribution in [1.82, 2.24) is 20.3 Å². The van der Waals surface area contributed by atoms with Crippen molar-refractivity contribution in [3.05, 3.63) is 11.9 Å². The molecule has 0 amide bonds. The quantitative estimate of drug-likeness (QED) is 0.869. The molecule has 0 aliphatic heterocycles. The van der Waals surface area contributed by atoms with Crippen molar-refractivity contribution in [2.75, 3.05) is 13.2 Å². The van der Waals surface area contributed by atoms with Crippen LogP contribution in [-0.4, -0.2) is 33.7 Å². The summed E-state index contributed by atoms with van der Waals surface area (Å²) in [4.78, 5) is 0. The molecule has 3 atom stereocenters. The van der Waals surface area contributed by atoms with E-state index in [0.717, 1.165) is 31.7 Å². The molecule has 5 heteroatoms. The van der Waals surface area contributed by atoms with Crippen LogP contribution in [0, 0.1) is 5.92 Å². The maximum atomic E-state index is 6.30. The third-order valence-corrected chi connectivity index (χ3v) is 4.40. The van der Waals surface area contributed by atoms with Crippen LogP contribution in [0.5, 0.6) is 0 Å². The molecule has 0 spiro atoms. The van der Waals surface area contributed by atoms with Gasteiger partial charge in [0.05, 0.1) is 23.5 Å². The van der Waals surface area contributed by atoms with Gasteiger partial charge in [0.2, 0.25) is 0 Å². The van der Waals surface area contributed by atoms with Gasteiger partial charge in [-0.1, -0.05) is 31.9 Å². The largest absolute Gasteiger partial charge is 0.373 e. The third kappa shape index (κ3) is 3.04. The molecule has 1 N–H and O–H groups in total. The lowest BCUT2D eigenvalue weighted by molar-refractivity contribution is -0.103. The highest BCUT2D eigenvalue weighted by atomic mass is 16.5. The Bertz CT molecular complexity index is 416. The van der Waals surface area contributed by atoms with Crippen molar-refractivity contribution < 1.29 is 4.74 Å². The van der Waals surface area contributed by atoms with Crippen molar-refractivity contribution in [2.24, 2.45) is 13.0 Å². The maximum Gasteiger partial charge on any atom is 0.0894 e. The smallest absolute Gasteiger partial charge is 0.0894 e. The number of nitrogens with zero attached hydrogens (tertiary/aromatic N) is 3. The summed E-state index contributed by atoms with van der Waals surface area (Å²) in [6.45, 7) is 8.23. The molecular weight excluding hydrogens is 252 g/mol. The van der Waals surface area contributed by atoms with Gasteiger partial charge in [-0.05, 0) is 32.2 Å². The summed E-state index contributed by atoms with van der Waals surface area (Å²) in [6.07, 6.45) is 6.61. The fraction of sp³-hybridized carbons (Fsp3) is 0.867. The van der Waals surface area contributed by atoms with Gasteiger partial charge in [0.1, 0.15) is 0 Å². The molecule has 1 aliphatic carbocycles. The fourth-order valence-electron chi connectivity index (χ4n) is 3.63. The van der Waals surface area contributed by atoms with E-state index in [2.05, 4.69) is 36.4 Å². The van der Waals surface area contributed by atoms with Gasteiger partial charge in [-0.2, -0.15) is 0 Å². The van der Waals surface area contributed by atoms with Crippen LogP contribution in [0.1, 0.15) is 58.2 Å². The molecule has 3 unspecified atom stereocenters. The van der Waals surface area contributed by atoms with E-state index >= 15 is 0 Å². The van der Waals surface area contributed by atoms with E-state index in [0.29, 0.717) is 5.92 Å². The average molecular weight is 280 g/mol. The minimum Gasteiger partial charge on any atom is -0.373 e. The van der Waals surface area contributed by atoms with Crippen LogP contribution >= 0.6 is 0 Å². The van der Waals surface area contributed by atoms with Crippen LogP contribution in [-0.2, 0) is 11.8 Å². The second-order valence-electron chi connectivity index (χ2n) is 5.97. The number of nitrogens with one attached hydrogen (secondary N) is 1. The molecular formula is C15H28N4O. The molecule has 1 saturated carbocycles. The Hall–Kier alpha value is -0.940. The molecule has 0 radical (unpaired) electrons. The first-order valence-corrected chi connectivity index (χ1v) is 7.85. The van der Waals surface area contributed by atoms with E-state index in [1.807, 2.05) is 17.9 Å². The summed E-state index contributed by atoms with van der Waals surface area (Å²) in [7, 11) is 1.96. The molecule has 20 heavy (non-hydrogen) atoms. The topological polar surface area (TPSA) is 52.0 Å². The normalized spacial score (nSPS) is 28.5. The van der Waals surface area contributed by atoms with Gasteiger partial charge in [-0.3, -0.25) is 4.68 Å². The SMILES string of the molecule is CCNC(c1cnnn1C)C1(OCC)CCCC(C)C1. The fourth-order valence-corrected chi connectivity index (χ4v) is 3.63. The molecule has 114 valence electrons. The Kier molecular flexibility index (Phi) is 5.16. The molecule has 1 heterocycles. The van der Waals surface area contributed by atoms with Crippen LogP contribution < -0.4 is 5.32 Å². The lowest BCUT2D eigenvalue weighted by atomic mass is 9.73. The number of hydrogen-bond donors (Lipinski definition) is 1. The summed E-state index contributed by atoms with van der Waals surface area (Å²) in [5, 5.41) is 11.8. The second kappa shape index (κ2) is 6.68. The number of aryl methyl sites for hydroxylation is 1. The number of rotatable bonds is 6. The van der Waals surface area contributed by atoms with Gasteiger partial charge < -0.3 is 10.1 Å². The van der Waals surface area contributed by atoms with Gasteiger partial charge in [0.25, 0.3) is 0 Å². The van der Waals surface area contributed by atoms with Gasteiger partial charge >= 0.3 is 0 Å². The molecule has 5 nitrogen and oxygen atoms in total. The molecule has 1 aliphatic rings. The Balaban J connectivity index is 2.34. The predicted octanol–water partition coefficient (Wildman–Crippen LogP) is 2.45. The zero-order valence-corrected chi connectivity index (χ0v) is 13.2. The minimum atomic E-state index is -0.127. The van der Waals surface area contributed by atoms with Crippen molar-refractivity contribution in [3.8, 4) is 0 Å². The Morgan fingerprint density at radius 2 is 2.35 bits per heavy atom. The highest BCUT2D eigenvalue weighted by Crippen LogP contribution is 2.43. The van der Waals surface area contributed by atoms with Gasteiger partial charge in [-0.15, -0.1) is 5.10 Å². The standard InChI is InChI=1S/C15H28N4O/c1-5-16-14(13-11-17-18-19(13)4)15(20-6-2)9-7-8-12(3)10-15/h11-12,14,16H,5-10H2,1-4H3. The van der Waals surface area contributed by atoms with Crippen molar-refractivity contribution in [2.45, 2.75) is 58.1 Å². The highest BCUT2D eigenvalue weighted by Gasteiger charge is 2.44. The summed E-state index contributed by atoms with van der Waals surface area (Å²) in [6, 6.07) is 0.162. The Morgan fingerprint density at radius 1 is 1.55 bits per heavy atom. The molecule has 0 saturated heterocycles. The summed E-state index contributed by atoms with van der Waals surface area (Å²) >= 11 is 0. The lowest BCUT2D eigenvalue weighted by Gasteiger charge is -2.45. The third-order valence-electron chi connectivity index (χ3n) is 4.40. The maximum absolute atomic E-state index is 6.30. The zero-order valence-electron chi connectivity index (χ0n) is 13.2. The van der Waals surface area contributed by atoms with Crippen molar-refractivity contribution in [1.29, 1.82) is 0 Å². The van der Waals surface area contributed by atoms with E-state index in [1.165, 1.54) is 12.8 Å². The Morgan fingerprint density at radius 3 is 2.90 bits per heavy atom. The number of likely N-dealkylation sites (N-methyl/N-ethyl adjacent to an activating group) is 1. The zero-order chi connectivity index (χ0) is 14.6. The summed E-state index contributed by atoms with van der Waals surface area (Å²) in [5.41, 5.74) is 0.993. The number of hydrogen-bond acceptors (Lipinski definition) is 4. The van der Waals surface area contributed by atoms with Crippen LogP contribution in [0.3, 0.4) is 0 Å². The average Bonchev–Trinajstić information content (AvgIpc) is 2.82. The van der Waals surface area contributed by atoms with Crippen molar-refractivity contribution >= 4 is 0 Å². The van der Waals surface area contributed by atoms with Gasteiger partial charge in [0.15, 0.2) is 0 Å². The van der Waals surface area contributed by atoms with Crippen molar-refractivity contribution in [3.63, 3.8) is 0 Å². The second-order valence-corrected chi connectivity index (χ2v) is 5.97. The first-order valence-electron chi connectivity index (χ1n) is 7.85. The van der Waals surface area contributed by atoms with Crippen LogP contribution in [0.25, 0.3) is 0 Å². The van der Waals surface area contributed by atoms with Gasteiger partial charge in [0, 0.05) is 13.7 Å². The van der Waals surface area contributed by atoms with E-state index in [4.69, 9.17) is 4.74 Å². The molecule has 0 aromatic carbocycles. The van der Waals surface area contributed by atoms with E-state index in [9.17, 15) is 0 Å². The molecule has 1 aromatic heterocycles. The molecule has 2 rings (SSSR count). The lowest BCUT2D eigenvalue weighted by Crippen LogP contribution is -2.49. The van der Waals surface area contributed by atoms with Gasteiger partial charge in [-0.25, -0.2) is 0 Å².